The molecule has 1 aliphatic heterocycles. The molecule has 2 N–H and O–H groups in total. The van der Waals surface area contributed by atoms with Gasteiger partial charge < -0.3 is 4.90 Å². The lowest BCUT2D eigenvalue weighted by atomic mass is 9.94. The molecule has 1 heterocycles. The van der Waals surface area contributed by atoms with Gasteiger partial charge in [0.2, 0.25) is 11.8 Å². The van der Waals surface area contributed by atoms with Gasteiger partial charge in [0, 0.05) is 23.7 Å². The fraction of sp³-hybridized carbons (Fsp3) is 0.286. The first-order chi connectivity index (χ1) is 17.7. The van der Waals surface area contributed by atoms with E-state index in [1.807, 2.05) is 50.2 Å². The van der Waals surface area contributed by atoms with Gasteiger partial charge >= 0.3 is 0 Å². The second-order valence-electron chi connectivity index (χ2n) is 9.16. The van der Waals surface area contributed by atoms with Crippen molar-refractivity contribution >= 4 is 39.1 Å². The summed E-state index contributed by atoms with van der Waals surface area (Å²) < 4.78 is 27.3. The van der Waals surface area contributed by atoms with Gasteiger partial charge in [0.25, 0.3) is 10.0 Å². The molecule has 0 aromatic heterocycles. The summed E-state index contributed by atoms with van der Waals surface area (Å²) in [4.78, 5) is 28.2. The van der Waals surface area contributed by atoms with Gasteiger partial charge in [-0.2, -0.15) is 0 Å². The minimum absolute atomic E-state index is 0.000855. The summed E-state index contributed by atoms with van der Waals surface area (Å²) in [6, 6.07) is 22.0. The predicted octanol–water partition coefficient (Wildman–Crippen LogP) is 4.68. The third-order valence-corrected chi connectivity index (χ3v) is 8.30. The van der Waals surface area contributed by atoms with Crippen LogP contribution in [0.3, 0.4) is 0 Å². The zero-order valence-corrected chi connectivity index (χ0v) is 22.3. The van der Waals surface area contributed by atoms with Crippen LogP contribution in [-0.4, -0.2) is 32.8 Å². The molecule has 1 unspecified atom stereocenters. The molecule has 9 heteroatoms. The molecule has 0 spiro atoms. The summed E-state index contributed by atoms with van der Waals surface area (Å²) in [5.74, 6) is -0.850. The lowest BCUT2D eigenvalue weighted by Crippen LogP contribution is -2.49. The Morgan fingerprint density at radius 2 is 1.70 bits per heavy atom. The van der Waals surface area contributed by atoms with Gasteiger partial charge in [-0.3, -0.25) is 14.9 Å². The topological polar surface area (TPSA) is 95.6 Å². The molecule has 0 saturated carbocycles. The molecule has 3 atom stereocenters. The molecule has 0 aliphatic carbocycles. The smallest absolute Gasteiger partial charge is 0.264 e. The molecule has 3 aromatic carbocycles. The average molecular weight is 540 g/mol. The van der Waals surface area contributed by atoms with Gasteiger partial charge in [0.15, 0.2) is 0 Å². The minimum atomic E-state index is -4.01. The molecular weight excluding hydrogens is 510 g/mol. The second kappa shape index (κ2) is 11.5. The number of fused-ring (bicyclic) bond motifs is 1. The van der Waals surface area contributed by atoms with Crippen LogP contribution in [0.2, 0.25) is 5.02 Å². The zero-order valence-electron chi connectivity index (χ0n) is 20.7. The van der Waals surface area contributed by atoms with Gasteiger partial charge in [-0.25, -0.2) is 13.1 Å². The summed E-state index contributed by atoms with van der Waals surface area (Å²) in [7, 11) is -4.01. The Balaban J connectivity index is 1.66. The van der Waals surface area contributed by atoms with E-state index in [2.05, 4.69) is 10.0 Å². The first-order valence-electron chi connectivity index (χ1n) is 12.2. The molecule has 0 radical (unpaired) electrons. The van der Waals surface area contributed by atoms with E-state index in [0.717, 1.165) is 17.5 Å². The second-order valence-corrected chi connectivity index (χ2v) is 11.3. The number of nitrogens with one attached hydrogen (secondary N) is 2. The van der Waals surface area contributed by atoms with Gasteiger partial charge in [-0.05, 0) is 47.4 Å². The Morgan fingerprint density at radius 3 is 2.35 bits per heavy atom. The highest BCUT2D eigenvalue weighted by Crippen LogP contribution is 2.37. The number of sulfonamides is 1. The first kappa shape index (κ1) is 26.9. The molecule has 2 amide bonds. The van der Waals surface area contributed by atoms with E-state index in [1.54, 1.807) is 35.2 Å². The summed E-state index contributed by atoms with van der Waals surface area (Å²) in [6.45, 7) is 4.05. The molecule has 1 aliphatic rings. The van der Waals surface area contributed by atoms with Crippen LogP contribution in [0.5, 0.6) is 0 Å². The Labute approximate surface area is 222 Å². The van der Waals surface area contributed by atoms with E-state index in [4.69, 9.17) is 11.6 Å². The molecule has 0 fully saturated rings. The summed E-state index contributed by atoms with van der Waals surface area (Å²) in [6.07, 6.45) is 0.578. The maximum Gasteiger partial charge on any atom is 0.264 e. The quantitative estimate of drug-likeness (QED) is 0.433. The van der Waals surface area contributed by atoms with Crippen LogP contribution >= 0.6 is 11.6 Å². The highest BCUT2D eigenvalue weighted by molar-refractivity contribution is 7.90. The van der Waals surface area contributed by atoms with Crippen molar-refractivity contribution in [3.8, 4) is 0 Å². The Hall–Kier alpha value is -3.20. The molecule has 7 nitrogen and oxygen atoms in total. The third kappa shape index (κ3) is 6.04. The standard InChI is InChI=1S/C28H30ClN3O4S/c1-3-19(2)26-28(34)32(17-16-25(33)31-37(35,36)22-12-8-5-9-13-22)24-15-14-21(29)18-23(24)27(30-26)20-10-6-4-7-11-20/h4-15,18-19,26-27,30H,3,16-17H2,1-2H3,(H,31,33)/t19-,26+,27?/m0/s1. The number of nitrogens with zero attached hydrogens (tertiary/aromatic N) is 1. The van der Waals surface area contributed by atoms with E-state index in [0.29, 0.717) is 10.7 Å². The van der Waals surface area contributed by atoms with Gasteiger partial charge in [0.05, 0.1) is 17.0 Å². The van der Waals surface area contributed by atoms with Crippen LogP contribution in [0.4, 0.5) is 5.69 Å². The van der Waals surface area contributed by atoms with Crippen molar-refractivity contribution in [1.29, 1.82) is 0 Å². The largest absolute Gasteiger partial charge is 0.310 e. The van der Waals surface area contributed by atoms with E-state index in [9.17, 15) is 18.0 Å². The predicted molar refractivity (Wildman–Crippen MR) is 145 cm³/mol. The van der Waals surface area contributed by atoms with Crippen LogP contribution in [-0.2, 0) is 19.6 Å². The monoisotopic (exact) mass is 539 g/mol. The Kier molecular flexibility index (Phi) is 8.32. The highest BCUT2D eigenvalue weighted by Gasteiger charge is 2.37. The van der Waals surface area contributed by atoms with Crippen molar-refractivity contribution in [3.63, 3.8) is 0 Å². The molecule has 0 saturated heterocycles. The van der Waals surface area contributed by atoms with Gasteiger partial charge in [-0.15, -0.1) is 0 Å². The fourth-order valence-electron chi connectivity index (χ4n) is 4.50. The van der Waals surface area contributed by atoms with Crippen LogP contribution in [0.15, 0.2) is 83.8 Å². The zero-order chi connectivity index (χ0) is 26.6. The van der Waals surface area contributed by atoms with E-state index in [1.165, 1.54) is 12.1 Å². The molecule has 0 bridgehead atoms. The lowest BCUT2D eigenvalue weighted by Gasteiger charge is -2.28. The summed E-state index contributed by atoms with van der Waals surface area (Å²) in [5, 5.41) is 4.08. The summed E-state index contributed by atoms with van der Waals surface area (Å²) in [5.41, 5.74) is 2.44. The average Bonchev–Trinajstić information content (AvgIpc) is 3.01. The normalized spacial score (nSPS) is 18.6. The number of rotatable bonds is 8. The molecule has 37 heavy (non-hydrogen) atoms. The summed E-state index contributed by atoms with van der Waals surface area (Å²) >= 11 is 6.39. The maximum atomic E-state index is 13.9. The van der Waals surface area contributed by atoms with Crippen molar-refractivity contribution in [3.05, 3.63) is 95.0 Å². The van der Waals surface area contributed by atoms with Crippen LogP contribution < -0.4 is 14.9 Å². The molecule has 3 aromatic rings. The van der Waals surface area contributed by atoms with E-state index < -0.39 is 22.0 Å². The number of anilines is 1. The molecule has 4 rings (SSSR count). The first-order valence-corrected chi connectivity index (χ1v) is 14.1. The van der Waals surface area contributed by atoms with Crippen LogP contribution in [0.1, 0.15) is 43.9 Å². The van der Waals surface area contributed by atoms with E-state index >= 15 is 0 Å². The number of hydrogen-bond acceptors (Lipinski definition) is 5. The van der Waals surface area contributed by atoms with Crippen LogP contribution in [0, 0.1) is 5.92 Å². The number of amides is 2. The van der Waals surface area contributed by atoms with Crippen molar-refractivity contribution in [2.45, 2.75) is 43.7 Å². The number of benzene rings is 3. The van der Waals surface area contributed by atoms with Gasteiger partial charge in [-0.1, -0.05) is 80.4 Å². The fourth-order valence-corrected chi connectivity index (χ4v) is 5.71. The highest BCUT2D eigenvalue weighted by atomic mass is 35.5. The maximum absolute atomic E-state index is 13.9. The van der Waals surface area contributed by atoms with Crippen molar-refractivity contribution in [1.82, 2.24) is 10.0 Å². The van der Waals surface area contributed by atoms with Crippen molar-refractivity contribution in [2.24, 2.45) is 5.92 Å². The van der Waals surface area contributed by atoms with Crippen molar-refractivity contribution < 1.29 is 18.0 Å². The third-order valence-electron chi connectivity index (χ3n) is 6.68. The minimum Gasteiger partial charge on any atom is -0.310 e. The molecular formula is C28H30ClN3O4S. The SMILES string of the molecule is CC[C@H](C)[C@H]1NC(c2ccccc2)c2cc(Cl)ccc2N(CCC(=O)NS(=O)(=O)c2ccccc2)C1=O. The number of halogens is 1. The lowest BCUT2D eigenvalue weighted by molar-refractivity contribution is -0.122. The number of carbonyl (C=O) groups excluding carboxylic acids is 2. The number of hydrogen-bond donors (Lipinski definition) is 2. The number of carbonyl (C=O) groups is 2. The van der Waals surface area contributed by atoms with Gasteiger partial charge in [0.1, 0.15) is 0 Å². The Morgan fingerprint density at radius 1 is 1.05 bits per heavy atom. The molecule has 194 valence electrons. The van der Waals surface area contributed by atoms with E-state index in [-0.39, 0.29) is 35.7 Å². The Bertz CT molecular complexity index is 1370. The van der Waals surface area contributed by atoms with Crippen molar-refractivity contribution in [2.75, 3.05) is 11.4 Å². The van der Waals surface area contributed by atoms with Crippen LogP contribution in [0.25, 0.3) is 0 Å².